The minimum absolute atomic E-state index is 0.0666. The number of aryl methyl sites for hydroxylation is 3. The highest BCUT2D eigenvalue weighted by molar-refractivity contribution is 7.86. The quantitative estimate of drug-likeness (QED) is 0.134. The topological polar surface area (TPSA) is 224 Å². The van der Waals surface area contributed by atoms with Crippen molar-refractivity contribution in [3.63, 3.8) is 0 Å². The van der Waals surface area contributed by atoms with Crippen LogP contribution in [0.1, 0.15) is 16.7 Å². The molecular weight excluding hydrogens is 612 g/mol. The van der Waals surface area contributed by atoms with Gasteiger partial charge in [0.15, 0.2) is 17.2 Å². The summed E-state index contributed by atoms with van der Waals surface area (Å²) in [7, 11) is -12.1. The molecule has 15 heteroatoms. The first kappa shape index (κ1) is 36.0. The van der Waals surface area contributed by atoms with E-state index in [1.165, 1.54) is 54.6 Å². The maximum atomic E-state index is 10.5. The zero-order valence-corrected chi connectivity index (χ0v) is 25.0. The molecule has 0 bridgehead atoms. The van der Waals surface area contributed by atoms with E-state index in [-0.39, 0.29) is 26.2 Å². The average Bonchev–Trinajstić information content (AvgIpc) is 2.88. The van der Waals surface area contributed by atoms with Crippen molar-refractivity contribution in [2.24, 2.45) is 0 Å². The lowest BCUT2D eigenvalue weighted by molar-refractivity contribution is 0.368. The smallest absolute Gasteiger partial charge is 0.294 e. The Labute approximate surface area is 244 Å². The zero-order valence-electron chi connectivity index (χ0n) is 22.5. The van der Waals surface area contributed by atoms with Crippen LogP contribution in [0.3, 0.4) is 0 Å². The van der Waals surface area contributed by atoms with E-state index in [9.17, 15) is 25.3 Å². The molecular formula is C27H30O12S3. The van der Waals surface area contributed by atoms with Crippen molar-refractivity contribution >= 4 is 30.4 Å². The second-order valence-electron chi connectivity index (χ2n) is 8.51. The Balaban J connectivity index is 0.000000281. The summed E-state index contributed by atoms with van der Waals surface area (Å²) in [5, 5.41) is 26.1. The summed E-state index contributed by atoms with van der Waals surface area (Å²) in [5.41, 5.74) is 2.87. The molecule has 0 aliphatic rings. The predicted molar refractivity (Wildman–Crippen MR) is 154 cm³/mol. The number of benzene rings is 4. The Hall–Kier alpha value is -3.99. The Kier molecular flexibility index (Phi) is 13.1. The average molecular weight is 643 g/mol. The molecule has 4 rings (SSSR count). The largest absolute Gasteiger partial charge is 0.504 e. The molecule has 0 saturated carbocycles. The third-order valence-electron chi connectivity index (χ3n) is 4.95. The van der Waals surface area contributed by atoms with Crippen molar-refractivity contribution in [2.45, 2.75) is 35.5 Å². The minimum atomic E-state index is -4.02. The highest BCUT2D eigenvalue weighted by Crippen LogP contribution is 2.32. The van der Waals surface area contributed by atoms with Gasteiger partial charge >= 0.3 is 0 Å². The number of hydrogen-bond donors (Lipinski definition) is 6. The molecule has 228 valence electrons. The van der Waals surface area contributed by atoms with Crippen molar-refractivity contribution in [1.82, 2.24) is 0 Å². The maximum Gasteiger partial charge on any atom is 0.294 e. The summed E-state index contributed by atoms with van der Waals surface area (Å²) in [6.07, 6.45) is 0. The SMILES string of the molecule is Cc1ccc(S(=O)(=O)O)cc1.Cc1ccc(S(=O)(=O)O)cc1.Cc1ccc(S(=O)(=O)O)cc1.Oc1cccc(O)c1O. The molecule has 0 aliphatic carbocycles. The van der Waals surface area contributed by atoms with Crippen molar-refractivity contribution in [3.8, 4) is 17.2 Å². The molecule has 6 N–H and O–H groups in total. The summed E-state index contributed by atoms with van der Waals surface area (Å²) in [4.78, 5) is -0.200. The van der Waals surface area contributed by atoms with Gasteiger partial charge in [-0.2, -0.15) is 25.3 Å². The molecule has 0 aliphatic heterocycles. The molecule has 0 amide bonds. The van der Waals surface area contributed by atoms with E-state index in [4.69, 9.17) is 29.0 Å². The zero-order chi connectivity index (χ0) is 32.3. The van der Waals surface area contributed by atoms with Crippen LogP contribution >= 0.6 is 0 Å². The fourth-order valence-corrected chi connectivity index (χ4v) is 4.09. The van der Waals surface area contributed by atoms with Gasteiger partial charge in [0.25, 0.3) is 30.4 Å². The monoisotopic (exact) mass is 642 g/mol. The van der Waals surface area contributed by atoms with E-state index < -0.39 is 36.1 Å². The van der Waals surface area contributed by atoms with Gasteiger partial charge in [0.2, 0.25) is 0 Å². The van der Waals surface area contributed by atoms with E-state index in [1.807, 2.05) is 20.8 Å². The molecule has 0 fully saturated rings. The lowest BCUT2D eigenvalue weighted by Gasteiger charge is -1.96. The minimum Gasteiger partial charge on any atom is -0.504 e. The molecule has 0 saturated heterocycles. The first-order valence-corrected chi connectivity index (χ1v) is 15.9. The third-order valence-corrected chi connectivity index (χ3v) is 7.55. The number of phenols is 3. The van der Waals surface area contributed by atoms with E-state index in [0.29, 0.717) is 0 Å². The summed E-state index contributed by atoms with van der Waals surface area (Å²) in [5.74, 6) is -1.09. The summed E-state index contributed by atoms with van der Waals surface area (Å²) in [6.45, 7) is 5.52. The number of phenolic OH excluding ortho intramolecular Hbond substituents is 3. The summed E-state index contributed by atoms with van der Waals surface area (Å²) >= 11 is 0. The molecule has 0 atom stereocenters. The lowest BCUT2D eigenvalue weighted by Crippen LogP contribution is -1.96. The first-order valence-electron chi connectivity index (χ1n) is 11.5. The fourth-order valence-electron chi connectivity index (χ4n) is 2.65. The van der Waals surface area contributed by atoms with Gasteiger partial charge in [0.05, 0.1) is 14.7 Å². The van der Waals surface area contributed by atoms with Gasteiger partial charge in [-0.1, -0.05) is 59.2 Å². The Bertz CT molecular complexity index is 1570. The molecule has 4 aromatic rings. The molecule has 0 radical (unpaired) electrons. The van der Waals surface area contributed by atoms with Gasteiger partial charge < -0.3 is 15.3 Å². The summed E-state index contributed by atoms with van der Waals surface area (Å²) in [6, 6.07) is 22.0. The van der Waals surface area contributed by atoms with Crippen LogP contribution in [0.15, 0.2) is 106 Å². The van der Waals surface area contributed by atoms with Crippen LogP contribution in [0.25, 0.3) is 0 Å². The number of rotatable bonds is 3. The first-order chi connectivity index (χ1) is 19.2. The molecule has 4 aromatic carbocycles. The van der Waals surface area contributed by atoms with Crippen LogP contribution in [-0.4, -0.2) is 54.2 Å². The van der Waals surface area contributed by atoms with Crippen molar-refractivity contribution in [1.29, 1.82) is 0 Å². The fraction of sp³-hybridized carbons (Fsp3) is 0.111. The maximum absolute atomic E-state index is 10.5. The predicted octanol–water partition coefficient (Wildman–Crippen LogP) is 4.53. The molecule has 42 heavy (non-hydrogen) atoms. The normalized spacial score (nSPS) is 11.0. The van der Waals surface area contributed by atoms with Crippen molar-refractivity contribution in [3.05, 3.63) is 108 Å². The van der Waals surface area contributed by atoms with E-state index in [1.54, 1.807) is 36.4 Å². The van der Waals surface area contributed by atoms with Crippen LogP contribution in [0.2, 0.25) is 0 Å². The highest BCUT2D eigenvalue weighted by Gasteiger charge is 2.08. The lowest BCUT2D eigenvalue weighted by atomic mass is 10.2. The molecule has 0 unspecified atom stereocenters. The second kappa shape index (κ2) is 15.3. The van der Waals surface area contributed by atoms with Crippen molar-refractivity contribution in [2.75, 3.05) is 0 Å². The molecule has 12 nitrogen and oxygen atoms in total. The molecule has 0 spiro atoms. The third kappa shape index (κ3) is 13.1. The van der Waals surface area contributed by atoms with Crippen LogP contribution in [-0.2, 0) is 30.4 Å². The van der Waals surface area contributed by atoms with Gasteiger partial charge in [-0.05, 0) is 69.3 Å². The van der Waals surface area contributed by atoms with Crippen molar-refractivity contribution < 1.29 is 54.2 Å². The van der Waals surface area contributed by atoms with E-state index in [0.717, 1.165) is 16.7 Å². The van der Waals surface area contributed by atoms with Crippen LogP contribution in [0, 0.1) is 20.8 Å². The van der Waals surface area contributed by atoms with Gasteiger partial charge in [0.1, 0.15) is 0 Å². The van der Waals surface area contributed by atoms with E-state index >= 15 is 0 Å². The Morgan fingerprint density at radius 1 is 0.405 bits per heavy atom. The number of para-hydroxylation sites is 1. The van der Waals surface area contributed by atoms with Gasteiger partial charge in [0, 0.05) is 0 Å². The standard InChI is InChI=1S/3C7H8O3S.C6H6O3/c3*1-6-2-4-7(5-3-6)11(8,9)10;7-4-2-1-3-5(8)6(4)9/h3*2-5H,1H3,(H,8,9,10);1-3,7-9H. The number of aromatic hydroxyl groups is 3. The van der Waals surface area contributed by atoms with Crippen LogP contribution in [0.4, 0.5) is 0 Å². The Morgan fingerprint density at radius 3 is 0.786 bits per heavy atom. The van der Waals surface area contributed by atoms with Gasteiger partial charge in [-0.15, -0.1) is 0 Å². The van der Waals surface area contributed by atoms with Gasteiger partial charge in [-0.3, -0.25) is 13.7 Å². The summed E-state index contributed by atoms with van der Waals surface area (Å²) < 4.78 is 88.7. The van der Waals surface area contributed by atoms with Crippen LogP contribution < -0.4 is 0 Å². The highest BCUT2D eigenvalue weighted by atomic mass is 32.2. The second-order valence-corrected chi connectivity index (χ2v) is 12.8. The molecule has 0 aromatic heterocycles. The molecule has 0 heterocycles. The van der Waals surface area contributed by atoms with Gasteiger partial charge in [-0.25, -0.2) is 0 Å². The number of hydrogen-bond acceptors (Lipinski definition) is 9. The van der Waals surface area contributed by atoms with E-state index in [2.05, 4.69) is 0 Å². The Morgan fingerprint density at radius 2 is 0.619 bits per heavy atom. The van der Waals surface area contributed by atoms with Crippen LogP contribution in [0.5, 0.6) is 17.2 Å².